The van der Waals surface area contributed by atoms with Crippen molar-refractivity contribution in [3.8, 4) is 11.4 Å². The van der Waals surface area contributed by atoms with Gasteiger partial charge in [-0.05, 0) is 17.3 Å². The third-order valence-corrected chi connectivity index (χ3v) is 2.99. The summed E-state index contributed by atoms with van der Waals surface area (Å²) in [6.07, 6.45) is 0. The molecular weight excluding hydrogens is 269 g/mol. The van der Waals surface area contributed by atoms with E-state index in [-0.39, 0.29) is 5.82 Å². The molecule has 0 unspecified atom stereocenters. The average molecular weight is 283 g/mol. The van der Waals surface area contributed by atoms with E-state index in [1.54, 1.807) is 18.2 Å². The standard InChI is InChI=1S/C15H14FN5/c16-13-8-4-5-9-14(13)17-10-11-21-19-15(18-20-21)12-6-2-1-3-7-12/h1-9,17H,10-11H2. The normalized spacial score (nSPS) is 10.5. The molecule has 0 spiro atoms. The Morgan fingerprint density at radius 2 is 1.76 bits per heavy atom. The molecule has 0 radical (unpaired) electrons. The largest absolute Gasteiger partial charge is 0.381 e. The molecule has 1 heterocycles. The van der Waals surface area contributed by atoms with Gasteiger partial charge in [0.25, 0.3) is 0 Å². The summed E-state index contributed by atoms with van der Waals surface area (Å²) in [5.74, 6) is 0.315. The quantitative estimate of drug-likeness (QED) is 0.782. The first-order chi connectivity index (χ1) is 10.3. The maximum atomic E-state index is 13.4. The Morgan fingerprint density at radius 1 is 1.00 bits per heavy atom. The van der Waals surface area contributed by atoms with Gasteiger partial charge in [-0.25, -0.2) is 4.39 Å². The van der Waals surface area contributed by atoms with Gasteiger partial charge in [0.05, 0.1) is 12.2 Å². The number of nitrogens with one attached hydrogen (secondary N) is 1. The highest BCUT2D eigenvalue weighted by Gasteiger charge is 2.05. The van der Waals surface area contributed by atoms with E-state index < -0.39 is 0 Å². The van der Waals surface area contributed by atoms with E-state index in [0.29, 0.717) is 24.6 Å². The van der Waals surface area contributed by atoms with Gasteiger partial charge >= 0.3 is 0 Å². The predicted octanol–water partition coefficient (Wildman–Crippen LogP) is 2.59. The summed E-state index contributed by atoms with van der Waals surface area (Å²) in [6.45, 7) is 1.03. The molecule has 0 saturated carbocycles. The molecular formula is C15H14FN5. The minimum atomic E-state index is -0.269. The van der Waals surface area contributed by atoms with E-state index in [2.05, 4.69) is 20.7 Å². The smallest absolute Gasteiger partial charge is 0.204 e. The van der Waals surface area contributed by atoms with Crippen LogP contribution in [0.3, 0.4) is 0 Å². The number of hydrogen-bond acceptors (Lipinski definition) is 4. The van der Waals surface area contributed by atoms with Gasteiger partial charge in [0.1, 0.15) is 5.82 Å². The first-order valence-electron chi connectivity index (χ1n) is 6.64. The topological polar surface area (TPSA) is 55.6 Å². The van der Waals surface area contributed by atoms with Crippen LogP contribution in [0.1, 0.15) is 0 Å². The molecule has 0 bridgehead atoms. The van der Waals surface area contributed by atoms with E-state index in [1.807, 2.05) is 30.3 Å². The van der Waals surface area contributed by atoms with Gasteiger partial charge in [0, 0.05) is 12.1 Å². The molecule has 1 N–H and O–H groups in total. The predicted molar refractivity (Wildman–Crippen MR) is 78.1 cm³/mol. The van der Waals surface area contributed by atoms with Crippen molar-refractivity contribution in [3.63, 3.8) is 0 Å². The van der Waals surface area contributed by atoms with Crippen LogP contribution in [0.2, 0.25) is 0 Å². The second kappa shape index (κ2) is 6.13. The number of tetrazole rings is 1. The van der Waals surface area contributed by atoms with E-state index in [0.717, 1.165) is 5.56 Å². The molecule has 0 aliphatic heterocycles. The number of anilines is 1. The molecule has 0 aliphatic carbocycles. The number of para-hydroxylation sites is 1. The number of benzene rings is 2. The summed E-state index contributed by atoms with van der Waals surface area (Å²) >= 11 is 0. The molecule has 0 fully saturated rings. The minimum absolute atomic E-state index is 0.269. The number of halogens is 1. The monoisotopic (exact) mass is 283 g/mol. The fraction of sp³-hybridized carbons (Fsp3) is 0.133. The SMILES string of the molecule is Fc1ccccc1NCCn1nnc(-c2ccccc2)n1. The van der Waals surface area contributed by atoms with Gasteiger partial charge in [-0.1, -0.05) is 42.5 Å². The number of hydrogen-bond donors (Lipinski definition) is 1. The fourth-order valence-electron chi connectivity index (χ4n) is 1.94. The van der Waals surface area contributed by atoms with E-state index >= 15 is 0 Å². The van der Waals surface area contributed by atoms with Crippen molar-refractivity contribution in [1.29, 1.82) is 0 Å². The molecule has 6 heteroatoms. The summed E-state index contributed by atoms with van der Waals surface area (Å²) in [5.41, 5.74) is 1.40. The maximum Gasteiger partial charge on any atom is 0.204 e. The third-order valence-electron chi connectivity index (χ3n) is 2.99. The summed E-state index contributed by atoms with van der Waals surface area (Å²) in [7, 11) is 0. The Kier molecular flexibility index (Phi) is 3.86. The van der Waals surface area contributed by atoms with Crippen LogP contribution < -0.4 is 5.32 Å². The van der Waals surface area contributed by atoms with Gasteiger partial charge in [0.15, 0.2) is 0 Å². The first kappa shape index (κ1) is 13.2. The molecule has 5 nitrogen and oxygen atoms in total. The van der Waals surface area contributed by atoms with Crippen molar-refractivity contribution in [2.24, 2.45) is 0 Å². The van der Waals surface area contributed by atoms with Crippen LogP contribution in [0.25, 0.3) is 11.4 Å². The lowest BCUT2D eigenvalue weighted by Gasteiger charge is -2.05. The average Bonchev–Trinajstić information content (AvgIpc) is 2.99. The highest BCUT2D eigenvalue weighted by molar-refractivity contribution is 5.53. The Hall–Kier alpha value is -2.76. The van der Waals surface area contributed by atoms with Crippen LogP contribution >= 0.6 is 0 Å². The van der Waals surface area contributed by atoms with Crippen molar-refractivity contribution in [2.45, 2.75) is 6.54 Å². The van der Waals surface area contributed by atoms with Crippen LogP contribution in [-0.2, 0) is 6.54 Å². The number of aromatic nitrogens is 4. The molecule has 1 aromatic heterocycles. The van der Waals surface area contributed by atoms with Crippen molar-refractivity contribution in [3.05, 3.63) is 60.4 Å². The lowest BCUT2D eigenvalue weighted by molar-refractivity contribution is 0.537. The minimum Gasteiger partial charge on any atom is -0.381 e. The lowest BCUT2D eigenvalue weighted by Crippen LogP contribution is -2.13. The van der Waals surface area contributed by atoms with Crippen LogP contribution in [0.5, 0.6) is 0 Å². The van der Waals surface area contributed by atoms with Crippen LogP contribution in [-0.4, -0.2) is 26.8 Å². The van der Waals surface area contributed by atoms with Crippen molar-refractivity contribution >= 4 is 5.69 Å². The summed E-state index contributed by atoms with van der Waals surface area (Å²) in [6, 6.07) is 16.2. The van der Waals surface area contributed by atoms with E-state index in [1.165, 1.54) is 10.9 Å². The molecule has 0 saturated heterocycles. The maximum absolute atomic E-state index is 13.4. The Labute approximate surface area is 121 Å². The lowest BCUT2D eigenvalue weighted by atomic mass is 10.2. The number of rotatable bonds is 5. The summed E-state index contributed by atoms with van der Waals surface area (Å²) in [4.78, 5) is 1.50. The zero-order valence-electron chi connectivity index (χ0n) is 11.3. The fourth-order valence-corrected chi connectivity index (χ4v) is 1.94. The molecule has 0 amide bonds. The van der Waals surface area contributed by atoms with Crippen molar-refractivity contribution < 1.29 is 4.39 Å². The van der Waals surface area contributed by atoms with Gasteiger partial charge in [-0.2, -0.15) is 4.80 Å². The van der Waals surface area contributed by atoms with E-state index in [9.17, 15) is 4.39 Å². The Balaban J connectivity index is 1.60. The zero-order chi connectivity index (χ0) is 14.5. The highest BCUT2D eigenvalue weighted by atomic mass is 19.1. The molecule has 3 rings (SSSR count). The number of nitrogens with zero attached hydrogens (tertiary/aromatic N) is 4. The zero-order valence-corrected chi connectivity index (χ0v) is 11.3. The Bertz CT molecular complexity index is 711. The van der Waals surface area contributed by atoms with Gasteiger partial charge in [-0.3, -0.25) is 0 Å². The second-order valence-corrected chi connectivity index (χ2v) is 4.48. The van der Waals surface area contributed by atoms with Crippen LogP contribution in [0, 0.1) is 5.82 Å². The second-order valence-electron chi connectivity index (χ2n) is 4.48. The van der Waals surface area contributed by atoms with Crippen LogP contribution in [0.4, 0.5) is 10.1 Å². The molecule has 2 aromatic carbocycles. The third kappa shape index (κ3) is 3.22. The molecule has 21 heavy (non-hydrogen) atoms. The molecule has 3 aromatic rings. The van der Waals surface area contributed by atoms with Crippen LogP contribution in [0.15, 0.2) is 54.6 Å². The summed E-state index contributed by atoms with van der Waals surface area (Å²) < 4.78 is 13.4. The van der Waals surface area contributed by atoms with Crippen molar-refractivity contribution in [2.75, 3.05) is 11.9 Å². The summed E-state index contributed by atoms with van der Waals surface area (Å²) in [5, 5.41) is 15.3. The van der Waals surface area contributed by atoms with Gasteiger partial charge < -0.3 is 5.32 Å². The van der Waals surface area contributed by atoms with Gasteiger partial charge in [0.2, 0.25) is 5.82 Å². The molecule has 0 aliphatic rings. The highest BCUT2D eigenvalue weighted by Crippen LogP contribution is 2.13. The van der Waals surface area contributed by atoms with Gasteiger partial charge in [-0.15, -0.1) is 10.2 Å². The first-order valence-corrected chi connectivity index (χ1v) is 6.64. The molecule has 0 atom stereocenters. The van der Waals surface area contributed by atoms with E-state index in [4.69, 9.17) is 0 Å². The molecule has 106 valence electrons. The Morgan fingerprint density at radius 3 is 2.57 bits per heavy atom. The van der Waals surface area contributed by atoms with Crippen molar-refractivity contribution in [1.82, 2.24) is 20.2 Å².